The van der Waals surface area contributed by atoms with E-state index in [9.17, 15) is 0 Å². The summed E-state index contributed by atoms with van der Waals surface area (Å²) in [6, 6.07) is 16.8. The number of benzene rings is 2. The van der Waals surface area contributed by atoms with Crippen molar-refractivity contribution in [3.05, 3.63) is 65.2 Å². The van der Waals surface area contributed by atoms with Crippen LogP contribution in [-0.4, -0.2) is 17.3 Å². The van der Waals surface area contributed by atoms with Crippen molar-refractivity contribution in [1.82, 2.24) is 4.98 Å². The SMILES string of the molecule is Cc1cc(C)cc(OCCSc2cc(C)c3ccccc3n2)c1. The average molecular weight is 323 g/mol. The summed E-state index contributed by atoms with van der Waals surface area (Å²) in [5.74, 6) is 1.84. The molecule has 0 saturated carbocycles. The summed E-state index contributed by atoms with van der Waals surface area (Å²) in [4.78, 5) is 4.72. The molecule has 3 heteroatoms. The largest absolute Gasteiger partial charge is 0.493 e. The molecular weight excluding hydrogens is 302 g/mol. The number of aryl methyl sites for hydroxylation is 3. The van der Waals surface area contributed by atoms with Gasteiger partial charge in [-0.3, -0.25) is 0 Å². The molecule has 0 spiro atoms. The van der Waals surface area contributed by atoms with Crippen molar-refractivity contribution >= 4 is 22.7 Å². The molecule has 0 aliphatic heterocycles. The molecule has 0 amide bonds. The van der Waals surface area contributed by atoms with Gasteiger partial charge < -0.3 is 4.74 Å². The van der Waals surface area contributed by atoms with Crippen molar-refractivity contribution in [2.24, 2.45) is 0 Å². The van der Waals surface area contributed by atoms with Crippen LogP contribution in [0.25, 0.3) is 10.9 Å². The number of para-hydroxylation sites is 1. The van der Waals surface area contributed by atoms with E-state index in [4.69, 9.17) is 9.72 Å². The Hall–Kier alpha value is -2.00. The van der Waals surface area contributed by atoms with Gasteiger partial charge in [0.2, 0.25) is 0 Å². The number of rotatable bonds is 5. The second-order valence-corrected chi connectivity index (χ2v) is 6.93. The van der Waals surface area contributed by atoms with Gasteiger partial charge in [0, 0.05) is 11.1 Å². The normalized spacial score (nSPS) is 10.9. The van der Waals surface area contributed by atoms with E-state index in [1.165, 1.54) is 22.1 Å². The smallest absolute Gasteiger partial charge is 0.119 e. The number of ether oxygens (including phenoxy) is 1. The van der Waals surface area contributed by atoms with Gasteiger partial charge in [0.1, 0.15) is 5.75 Å². The van der Waals surface area contributed by atoms with Gasteiger partial charge >= 0.3 is 0 Å². The lowest BCUT2D eigenvalue weighted by molar-refractivity contribution is 0.343. The molecule has 0 aliphatic rings. The highest BCUT2D eigenvalue weighted by Gasteiger charge is 2.03. The first-order valence-electron chi connectivity index (χ1n) is 7.82. The van der Waals surface area contributed by atoms with Crippen LogP contribution in [0.4, 0.5) is 0 Å². The van der Waals surface area contributed by atoms with E-state index in [0.717, 1.165) is 22.0 Å². The summed E-state index contributed by atoms with van der Waals surface area (Å²) < 4.78 is 5.86. The molecule has 0 aliphatic carbocycles. The predicted molar refractivity (Wildman–Crippen MR) is 98.6 cm³/mol. The minimum Gasteiger partial charge on any atom is -0.493 e. The van der Waals surface area contributed by atoms with E-state index >= 15 is 0 Å². The monoisotopic (exact) mass is 323 g/mol. The summed E-state index contributed by atoms with van der Waals surface area (Å²) in [7, 11) is 0. The number of hydrogen-bond donors (Lipinski definition) is 0. The topological polar surface area (TPSA) is 22.1 Å². The number of aromatic nitrogens is 1. The quantitative estimate of drug-likeness (QED) is 0.468. The summed E-state index contributed by atoms with van der Waals surface area (Å²) in [5.41, 5.74) is 4.80. The van der Waals surface area contributed by atoms with Crippen LogP contribution < -0.4 is 4.74 Å². The van der Waals surface area contributed by atoms with Gasteiger partial charge in [-0.05, 0) is 61.7 Å². The fourth-order valence-electron chi connectivity index (χ4n) is 2.71. The van der Waals surface area contributed by atoms with Crippen molar-refractivity contribution in [3.63, 3.8) is 0 Å². The Morgan fingerprint density at radius 2 is 1.70 bits per heavy atom. The number of fused-ring (bicyclic) bond motifs is 1. The molecule has 118 valence electrons. The van der Waals surface area contributed by atoms with Crippen molar-refractivity contribution < 1.29 is 4.74 Å². The Morgan fingerprint density at radius 1 is 0.957 bits per heavy atom. The van der Waals surface area contributed by atoms with Gasteiger partial charge in [0.25, 0.3) is 0 Å². The lowest BCUT2D eigenvalue weighted by Crippen LogP contribution is -2.01. The van der Waals surface area contributed by atoms with Crippen molar-refractivity contribution in [1.29, 1.82) is 0 Å². The summed E-state index contributed by atoms with van der Waals surface area (Å²) in [6.45, 7) is 7.01. The third kappa shape index (κ3) is 4.05. The first kappa shape index (κ1) is 15.9. The number of nitrogens with zero attached hydrogens (tertiary/aromatic N) is 1. The second kappa shape index (κ2) is 7.05. The van der Waals surface area contributed by atoms with E-state index in [1.54, 1.807) is 11.8 Å². The van der Waals surface area contributed by atoms with Crippen molar-refractivity contribution in [2.45, 2.75) is 25.8 Å². The zero-order valence-electron chi connectivity index (χ0n) is 13.8. The molecule has 1 aromatic heterocycles. The van der Waals surface area contributed by atoms with Crippen LogP contribution in [0.3, 0.4) is 0 Å². The van der Waals surface area contributed by atoms with Crippen LogP contribution >= 0.6 is 11.8 Å². The zero-order valence-corrected chi connectivity index (χ0v) is 14.6. The van der Waals surface area contributed by atoms with Crippen LogP contribution in [0.15, 0.2) is 53.6 Å². The fraction of sp³-hybridized carbons (Fsp3) is 0.250. The van der Waals surface area contributed by atoms with Crippen LogP contribution in [0.5, 0.6) is 5.75 Å². The van der Waals surface area contributed by atoms with E-state index in [2.05, 4.69) is 63.2 Å². The maximum Gasteiger partial charge on any atom is 0.119 e. The average Bonchev–Trinajstić information content (AvgIpc) is 2.51. The lowest BCUT2D eigenvalue weighted by Gasteiger charge is -2.09. The van der Waals surface area contributed by atoms with Crippen molar-refractivity contribution in [2.75, 3.05) is 12.4 Å². The first-order chi connectivity index (χ1) is 11.1. The van der Waals surface area contributed by atoms with Crippen LogP contribution in [0.1, 0.15) is 16.7 Å². The minimum absolute atomic E-state index is 0.682. The molecule has 2 aromatic carbocycles. The highest BCUT2D eigenvalue weighted by Crippen LogP contribution is 2.24. The number of pyridine rings is 1. The molecule has 0 N–H and O–H groups in total. The maximum atomic E-state index is 5.86. The summed E-state index contributed by atoms with van der Waals surface area (Å²) in [6.07, 6.45) is 0. The van der Waals surface area contributed by atoms with E-state index in [1.807, 2.05) is 6.07 Å². The molecule has 0 saturated heterocycles. The Labute approximate surface area is 141 Å². The van der Waals surface area contributed by atoms with Gasteiger partial charge in [0.15, 0.2) is 0 Å². The van der Waals surface area contributed by atoms with Crippen LogP contribution in [0.2, 0.25) is 0 Å². The van der Waals surface area contributed by atoms with Gasteiger partial charge in [-0.25, -0.2) is 4.98 Å². The Balaban J connectivity index is 1.60. The molecule has 3 rings (SSSR count). The zero-order chi connectivity index (χ0) is 16.2. The molecule has 23 heavy (non-hydrogen) atoms. The second-order valence-electron chi connectivity index (χ2n) is 5.81. The highest BCUT2D eigenvalue weighted by molar-refractivity contribution is 7.99. The predicted octanol–water partition coefficient (Wildman–Crippen LogP) is 5.33. The molecule has 3 aromatic rings. The molecule has 0 unspecified atom stereocenters. The number of hydrogen-bond acceptors (Lipinski definition) is 3. The van der Waals surface area contributed by atoms with Gasteiger partial charge in [0.05, 0.1) is 17.1 Å². The van der Waals surface area contributed by atoms with Gasteiger partial charge in [-0.1, -0.05) is 24.3 Å². The fourth-order valence-corrected chi connectivity index (χ4v) is 3.51. The molecule has 0 fully saturated rings. The minimum atomic E-state index is 0.682. The lowest BCUT2D eigenvalue weighted by atomic mass is 10.1. The number of thioether (sulfide) groups is 1. The Morgan fingerprint density at radius 3 is 2.48 bits per heavy atom. The first-order valence-corrected chi connectivity index (χ1v) is 8.81. The molecule has 0 bridgehead atoms. The molecule has 0 radical (unpaired) electrons. The third-order valence-electron chi connectivity index (χ3n) is 3.70. The Kier molecular flexibility index (Phi) is 4.87. The highest BCUT2D eigenvalue weighted by atomic mass is 32.2. The Bertz CT molecular complexity index is 809. The van der Waals surface area contributed by atoms with Gasteiger partial charge in [-0.2, -0.15) is 0 Å². The van der Waals surface area contributed by atoms with Gasteiger partial charge in [-0.15, -0.1) is 11.8 Å². The third-order valence-corrected chi connectivity index (χ3v) is 4.57. The summed E-state index contributed by atoms with van der Waals surface area (Å²) in [5, 5.41) is 2.29. The molecular formula is C20H21NOS. The van der Waals surface area contributed by atoms with Crippen LogP contribution in [-0.2, 0) is 0 Å². The van der Waals surface area contributed by atoms with Crippen LogP contribution in [0, 0.1) is 20.8 Å². The molecule has 0 atom stereocenters. The molecule has 1 heterocycles. The maximum absolute atomic E-state index is 5.86. The van der Waals surface area contributed by atoms with E-state index < -0.39 is 0 Å². The van der Waals surface area contributed by atoms with E-state index in [0.29, 0.717) is 6.61 Å². The summed E-state index contributed by atoms with van der Waals surface area (Å²) >= 11 is 1.74. The molecule has 2 nitrogen and oxygen atoms in total. The van der Waals surface area contributed by atoms with E-state index in [-0.39, 0.29) is 0 Å². The standard InChI is InChI=1S/C20H21NOS/c1-14-10-15(2)12-17(11-14)22-8-9-23-20-13-16(3)18-6-4-5-7-19(18)21-20/h4-7,10-13H,8-9H2,1-3H3. The van der Waals surface area contributed by atoms with Crippen molar-refractivity contribution in [3.8, 4) is 5.75 Å².